The second-order valence-corrected chi connectivity index (χ2v) is 5.74. The maximum absolute atomic E-state index is 13.1. The molecule has 2 atom stereocenters. The van der Waals surface area contributed by atoms with E-state index < -0.39 is 24.2 Å². The van der Waals surface area contributed by atoms with Gasteiger partial charge in [0, 0.05) is 19.4 Å². The van der Waals surface area contributed by atoms with Crippen molar-refractivity contribution in [3.05, 3.63) is 11.3 Å². The summed E-state index contributed by atoms with van der Waals surface area (Å²) in [4.78, 5) is 12.0. The molecule has 0 radical (unpaired) electrons. The lowest BCUT2D eigenvalue weighted by molar-refractivity contribution is -0.231. The molecule has 0 aromatic carbocycles. The normalized spacial score (nSPS) is 30.3. The summed E-state index contributed by atoms with van der Waals surface area (Å²) in [6.45, 7) is 5.39. The molecule has 1 aliphatic carbocycles. The van der Waals surface area contributed by atoms with Crippen LogP contribution in [0.25, 0.3) is 0 Å². The first-order chi connectivity index (χ1) is 8.65. The van der Waals surface area contributed by atoms with Crippen LogP contribution in [-0.2, 0) is 14.3 Å². The van der Waals surface area contributed by atoms with Crippen molar-refractivity contribution < 1.29 is 27.4 Å². The minimum atomic E-state index is -4.53. The first-order valence-electron chi connectivity index (χ1n) is 6.27. The Morgan fingerprint density at radius 3 is 2.53 bits per heavy atom. The van der Waals surface area contributed by atoms with Gasteiger partial charge in [-0.05, 0) is 12.3 Å². The van der Waals surface area contributed by atoms with E-state index in [1.165, 1.54) is 0 Å². The molecule has 6 heteroatoms. The lowest BCUT2D eigenvalue weighted by atomic mass is 9.74. The van der Waals surface area contributed by atoms with Crippen molar-refractivity contribution in [1.82, 2.24) is 0 Å². The van der Waals surface area contributed by atoms with Gasteiger partial charge < -0.3 is 9.47 Å². The SMILES string of the molecule is CCO[C@H]1OC2=C(C(=O)CC(C)(C)C2)[C@H]1C(F)(F)F. The number of halogens is 3. The van der Waals surface area contributed by atoms with Crippen molar-refractivity contribution in [3.8, 4) is 0 Å². The molecule has 0 aromatic rings. The molecule has 3 nitrogen and oxygen atoms in total. The molecule has 2 aliphatic rings. The first kappa shape index (κ1) is 14.4. The van der Waals surface area contributed by atoms with Crippen LogP contribution in [0.1, 0.15) is 33.6 Å². The summed E-state index contributed by atoms with van der Waals surface area (Å²) in [6.07, 6.45) is -5.51. The van der Waals surface area contributed by atoms with Crippen LogP contribution < -0.4 is 0 Å². The topological polar surface area (TPSA) is 35.5 Å². The number of hydrogen-bond acceptors (Lipinski definition) is 3. The highest BCUT2D eigenvalue weighted by molar-refractivity contribution is 5.98. The molecule has 0 unspecified atom stereocenters. The van der Waals surface area contributed by atoms with Crippen molar-refractivity contribution in [2.75, 3.05) is 6.61 Å². The monoisotopic (exact) mass is 278 g/mol. The smallest absolute Gasteiger partial charge is 0.402 e. The van der Waals surface area contributed by atoms with Crippen molar-refractivity contribution in [1.29, 1.82) is 0 Å². The average Bonchev–Trinajstić information content (AvgIpc) is 2.54. The maximum atomic E-state index is 13.1. The fourth-order valence-electron chi connectivity index (χ4n) is 2.69. The van der Waals surface area contributed by atoms with E-state index in [0.717, 1.165) is 0 Å². The number of allylic oxidation sites excluding steroid dienone is 1. The van der Waals surface area contributed by atoms with E-state index in [1.54, 1.807) is 6.92 Å². The summed E-state index contributed by atoms with van der Waals surface area (Å²) in [7, 11) is 0. The van der Waals surface area contributed by atoms with Gasteiger partial charge in [0.15, 0.2) is 5.78 Å². The lowest BCUT2D eigenvalue weighted by Crippen LogP contribution is -2.37. The van der Waals surface area contributed by atoms with Crippen molar-refractivity contribution in [2.24, 2.45) is 11.3 Å². The molecule has 2 rings (SSSR count). The molecular formula is C13H17F3O3. The lowest BCUT2D eigenvalue weighted by Gasteiger charge is -2.29. The maximum Gasteiger partial charge on any atom is 0.402 e. The summed E-state index contributed by atoms with van der Waals surface area (Å²) in [5.41, 5.74) is -0.599. The zero-order chi connectivity index (χ0) is 14.4. The van der Waals surface area contributed by atoms with Gasteiger partial charge in [0.05, 0.1) is 5.57 Å². The Balaban J connectivity index is 2.38. The van der Waals surface area contributed by atoms with Gasteiger partial charge >= 0.3 is 6.18 Å². The molecule has 0 aromatic heterocycles. The molecule has 1 heterocycles. The molecule has 0 bridgehead atoms. The highest BCUT2D eigenvalue weighted by Gasteiger charge is 2.57. The Bertz CT molecular complexity index is 423. The number of ketones is 1. The number of rotatable bonds is 2. The van der Waals surface area contributed by atoms with E-state index in [2.05, 4.69) is 0 Å². The number of Topliss-reactive ketones (excluding diaryl/α,β-unsaturated/α-hetero) is 1. The minimum Gasteiger partial charge on any atom is -0.468 e. The average molecular weight is 278 g/mol. The summed E-state index contributed by atoms with van der Waals surface area (Å²) >= 11 is 0. The molecule has 108 valence electrons. The van der Waals surface area contributed by atoms with Crippen LogP contribution in [0.4, 0.5) is 13.2 Å². The number of alkyl halides is 3. The van der Waals surface area contributed by atoms with Crippen LogP contribution in [0.2, 0.25) is 0 Å². The molecule has 0 saturated carbocycles. The largest absolute Gasteiger partial charge is 0.468 e. The summed E-state index contributed by atoms with van der Waals surface area (Å²) in [5, 5.41) is 0. The minimum absolute atomic E-state index is 0.107. The van der Waals surface area contributed by atoms with Gasteiger partial charge in [-0.25, -0.2) is 0 Å². The van der Waals surface area contributed by atoms with Gasteiger partial charge in [0.25, 0.3) is 0 Å². The van der Waals surface area contributed by atoms with Crippen LogP contribution in [0.15, 0.2) is 11.3 Å². The van der Waals surface area contributed by atoms with Crippen molar-refractivity contribution in [3.63, 3.8) is 0 Å². The predicted octanol–water partition coefficient (Wildman–Crippen LogP) is 3.20. The Hall–Kier alpha value is -1.04. The van der Waals surface area contributed by atoms with Gasteiger partial charge in [-0.2, -0.15) is 13.2 Å². The van der Waals surface area contributed by atoms with E-state index in [0.29, 0.717) is 6.42 Å². The van der Waals surface area contributed by atoms with Gasteiger partial charge in [-0.3, -0.25) is 4.79 Å². The highest BCUT2D eigenvalue weighted by atomic mass is 19.4. The summed E-state index contributed by atoms with van der Waals surface area (Å²) in [5.74, 6) is -2.27. The number of carbonyl (C=O) groups excluding carboxylic acids is 1. The fourth-order valence-corrected chi connectivity index (χ4v) is 2.69. The Kier molecular flexibility index (Phi) is 3.41. The number of ether oxygens (including phenoxy) is 2. The van der Waals surface area contributed by atoms with E-state index in [9.17, 15) is 18.0 Å². The quantitative estimate of drug-likeness (QED) is 0.778. The van der Waals surface area contributed by atoms with Crippen LogP contribution >= 0.6 is 0 Å². The van der Waals surface area contributed by atoms with Gasteiger partial charge in [0.1, 0.15) is 11.7 Å². The van der Waals surface area contributed by atoms with Crippen molar-refractivity contribution >= 4 is 5.78 Å². The van der Waals surface area contributed by atoms with E-state index in [1.807, 2.05) is 13.8 Å². The van der Waals surface area contributed by atoms with Crippen LogP contribution in [0, 0.1) is 11.3 Å². The second-order valence-electron chi connectivity index (χ2n) is 5.74. The second kappa shape index (κ2) is 4.51. The number of carbonyl (C=O) groups is 1. The Morgan fingerprint density at radius 2 is 2.00 bits per heavy atom. The molecule has 0 N–H and O–H groups in total. The van der Waals surface area contributed by atoms with E-state index >= 15 is 0 Å². The third-order valence-electron chi connectivity index (χ3n) is 3.40. The third kappa shape index (κ3) is 2.63. The van der Waals surface area contributed by atoms with Crippen LogP contribution in [0.3, 0.4) is 0 Å². The zero-order valence-electron chi connectivity index (χ0n) is 11.1. The third-order valence-corrected chi connectivity index (χ3v) is 3.40. The molecule has 0 amide bonds. The standard InChI is InChI=1S/C13H17F3O3/c1-4-18-11-10(13(14,15)16)9-7(17)5-12(2,3)6-8(9)19-11/h10-11H,4-6H2,1-3H3/t10-,11+/m1/s1. The summed E-state index contributed by atoms with van der Waals surface area (Å²) < 4.78 is 49.7. The predicted molar refractivity (Wildman–Crippen MR) is 61.1 cm³/mol. The van der Waals surface area contributed by atoms with E-state index in [4.69, 9.17) is 9.47 Å². The fraction of sp³-hybridized carbons (Fsp3) is 0.769. The van der Waals surface area contributed by atoms with Gasteiger partial charge in [-0.15, -0.1) is 0 Å². The van der Waals surface area contributed by atoms with Crippen LogP contribution in [0.5, 0.6) is 0 Å². The Labute approximate surface area is 109 Å². The number of hydrogen-bond donors (Lipinski definition) is 0. The van der Waals surface area contributed by atoms with Gasteiger partial charge in [-0.1, -0.05) is 13.8 Å². The highest BCUT2D eigenvalue weighted by Crippen LogP contribution is 2.50. The first-order valence-corrected chi connectivity index (χ1v) is 6.27. The summed E-state index contributed by atoms with van der Waals surface area (Å²) in [6, 6.07) is 0. The Morgan fingerprint density at radius 1 is 1.37 bits per heavy atom. The molecule has 1 aliphatic heterocycles. The molecule has 19 heavy (non-hydrogen) atoms. The molecule has 0 spiro atoms. The van der Waals surface area contributed by atoms with Gasteiger partial charge in [0.2, 0.25) is 6.29 Å². The zero-order valence-corrected chi connectivity index (χ0v) is 11.1. The van der Waals surface area contributed by atoms with Crippen LogP contribution in [-0.4, -0.2) is 24.9 Å². The molecular weight excluding hydrogens is 261 g/mol. The van der Waals surface area contributed by atoms with Crippen molar-refractivity contribution in [2.45, 2.75) is 46.1 Å². The molecule has 0 saturated heterocycles. The molecule has 0 fully saturated rings. The van der Waals surface area contributed by atoms with E-state index in [-0.39, 0.29) is 29.8 Å².